The summed E-state index contributed by atoms with van der Waals surface area (Å²) in [5.41, 5.74) is 0. The Hall–Kier alpha value is -0.560. The zero-order valence-electron chi connectivity index (χ0n) is 7.92. The fraction of sp³-hybridized carbons (Fsp3) is 0.636. The monoisotopic (exact) mass is 165 g/mol. The highest BCUT2D eigenvalue weighted by molar-refractivity contribution is 4.98. The number of allylic oxidation sites excluding steroid dienone is 2. The van der Waals surface area contributed by atoms with Crippen LogP contribution in [-0.2, 0) is 0 Å². The summed E-state index contributed by atoms with van der Waals surface area (Å²) in [5.74, 6) is 1.29. The summed E-state index contributed by atoms with van der Waals surface area (Å²) in [6.45, 7) is 7.74. The predicted molar refractivity (Wildman–Crippen MR) is 54.1 cm³/mol. The van der Waals surface area contributed by atoms with Crippen molar-refractivity contribution in [3.05, 3.63) is 25.3 Å². The van der Waals surface area contributed by atoms with Crippen molar-refractivity contribution in [1.82, 2.24) is 5.32 Å². The summed E-state index contributed by atoms with van der Waals surface area (Å²) in [6, 6.07) is 0.684. The van der Waals surface area contributed by atoms with Gasteiger partial charge in [-0.2, -0.15) is 0 Å². The molecule has 1 heteroatoms. The fourth-order valence-electron chi connectivity index (χ4n) is 2.05. The predicted octanol–water partition coefficient (Wildman–Crippen LogP) is 2.36. The Balaban J connectivity index is 2.52. The first kappa shape index (κ1) is 9.53. The van der Waals surface area contributed by atoms with Crippen molar-refractivity contribution in [3.63, 3.8) is 0 Å². The van der Waals surface area contributed by atoms with Gasteiger partial charge in [-0.25, -0.2) is 0 Å². The Kier molecular flexibility index (Phi) is 3.54. The molecule has 0 aromatic carbocycles. The molecule has 0 heterocycles. The summed E-state index contributed by atoms with van der Waals surface area (Å²) in [6.07, 6.45) is 7.91. The van der Waals surface area contributed by atoms with E-state index in [1.807, 2.05) is 7.05 Å². The quantitative estimate of drug-likeness (QED) is 0.633. The summed E-state index contributed by atoms with van der Waals surface area (Å²) >= 11 is 0. The molecule has 0 amide bonds. The highest BCUT2D eigenvalue weighted by Crippen LogP contribution is 2.31. The minimum absolute atomic E-state index is 0.633. The molecule has 1 fully saturated rings. The van der Waals surface area contributed by atoms with Gasteiger partial charge in [-0.15, -0.1) is 13.2 Å². The van der Waals surface area contributed by atoms with E-state index in [0.29, 0.717) is 17.9 Å². The molecule has 1 aliphatic carbocycles. The molecule has 0 aromatic heterocycles. The maximum Gasteiger partial charge on any atom is 0.00700 e. The van der Waals surface area contributed by atoms with Crippen molar-refractivity contribution >= 4 is 0 Å². The second kappa shape index (κ2) is 4.46. The van der Waals surface area contributed by atoms with Crippen molar-refractivity contribution < 1.29 is 0 Å². The Bertz CT molecular complexity index is 162. The van der Waals surface area contributed by atoms with E-state index in [1.165, 1.54) is 19.3 Å². The minimum Gasteiger partial charge on any atom is -0.317 e. The molecule has 0 saturated heterocycles. The molecule has 1 nitrogen and oxygen atoms in total. The number of nitrogens with one attached hydrogen (secondary N) is 1. The first-order chi connectivity index (χ1) is 5.81. The van der Waals surface area contributed by atoms with Crippen LogP contribution < -0.4 is 5.32 Å². The van der Waals surface area contributed by atoms with Gasteiger partial charge in [0.2, 0.25) is 0 Å². The van der Waals surface area contributed by atoms with Crippen molar-refractivity contribution in [2.24, 2.45) is 11.8 Å². The molecule has 1 N–H and O–H groups in total. The lowest BCUT2D eigenvalue weighted by Gasteiger charge is -2.32. The van der Waals surface area contributed by atoms with E-state index < -0.39 is 0 Å². The molecule has 1 saturated carbocycles. The molecule has 68 valence electrons. The Morgan fingerprint density at radius 3 is 2.33 bits per heavy atom. The molecule has 0 bridgehead atoms. The van der Waals surface area contributed by atoms with Crippen LogP contribution >= 0.6 is 0 Å². The molecule has 0 radical (unpaired) electrons. The van der Waals surface area contributed by atoms with Crippen LogP contribution in [0.5, 0.6) is 0 Å². The second-order valence-corrected chi connectivity index (χ2v) is 3.60. The lowest BCUT2D eigenvalue weighted by molar-refractivity contribution is 0.280. The van der Waals surface area contributed by atoms with Gasteiger partial charge in [0.25, 0.3) is 0 Å². The zero-order valence-corrected chi connectivity index (χ0v) is 7.92. The van der Waals surface area contributed by atoms with Crippen LogP contribution in [0.1, 0.15) is 19.3 Å². The van der Waals surface area contributed by atoms with E-state index in [0.717, 1.165) is 0 Å². The van der Waals surface area contributed by atoms with E-state index in [4.69, 9.17) is 0 Å². The lowest BCUT2D eigenvalue weighted by atomic mass is 9.77. The fourth-order valence-corrected chi connectivity index (χ4v) is 2.05. The third-order valence-corrected chi connectivity index (χ3v) is 2.97. The van der Waals surface area contributed by atoms with Crippen molar-refractivity contribution in [2.75, 3.05) is 7.05 Å². The summed E-state index contributed by atoms with van der Waals surface area (Å²) in [7, 11) is 2.04. The van der Waals surface area contributed by atoms with Gasteiger partial charge in [0.05, 0.1) is 0 Å². The van der Waals surface area contributed by atoms with Gasteiger partial charge in [-0.1, -0.05) is 12.2 Å². The van der Waals surface area contributed by atoms with E-state index in [1.54, 1.807) is 0 Å². The van der Waals surface area contributed by atoms with Crippen molar-refractivity contribution in [1.29, 1.82) is 0 Å². The van der Waals surface area contributed by atoms with Crippen molar-refractivity contribution in [3.8, 4) is 0 Å². The van der Waals surface area contributed by atoms with Gasteiger partial charge in [-0.05, 0) is 38.1 Å². The number of hydrogen-bond donors (Lipinski definition) is 1. The van der Waals surface area contributed by atoms with Crippen LogP contribution in [-0.4, -0.2) is 13.1 Å². The van der Waals surface area contributed by atoms with Crippen molar-refractivity contribution in [2.45, 2.75) is 25.3 Å². The van der Waals surface area contributed by atoms with Gasteiger partial charge in [0.15, 0.2) is 0 Å². The Morgan fingerprint density at radius 2 is 1.83 bits per heavy atom. The summed E-state index contributed by atoms with van der Waals surface area (Å²) in [4.78, 5) is 0. The molecular formula is C11H19N. The number of hydrogen-bond acceptors (Lipinski definition) is 1. The molecule has 1 aliphatic rings. The van der Waals surface area contributed by atoms with E-state index >= 15 is 0 Å². The third-order valence-electron chi connectivity index (χ3n) is 2.97. The molecule has 0 aliphatic heterocycles. The second-order valence-electron chi connectivity index (χ2n) is 3.60. The Morgan fingerprint density at radius 1 is 1.17 bits per heavy atom. The van der Waals surface area contributed by atoms with E-state index in [2.05, 4.69) is 30.6 Å². The molecule has 3 atom stereocenters. The molecule has 12 heavy (non-hydrogen) atoms. The Labute approximate surface area is 75.6 Å². The molecular weight excluding hydrogens is 146 g/mol. The van der Waals surface area contributed by atoms with Gasteiger partial charge in [0.1, 0.15) is 0 Å². The molecule has 0 aromatic rings. The van der Waals surface area contributed by atoms with E-state index in [9.17, 15) is 0 Å². The van der Waals surface area contributed by atoms with E-state index in [-0.39, 0.29) is 0 Å². The summed E-state index contributed by atoms with van der Waals surface area (Å²) in [5, 5.41) is 3.33. The van der Waals surface area contributed by atoms with Crippen LogP contribution in [0.2, 0.25) is 0 Å². The average molecular weight is 165 g/mol. The standard InChI is InChI=1S/C11H19N/c1-4-9-6-7-11(12-3)8-10(9)5-2/h4-5,9-12H,1-2,6-8H2,3H3. The van der Waals surface area contributed by atoms with Crippen LogP contribution in [0, 0.1) is 11.8 Å². The average Bonchev–Trinajstić information content (AvgIpc) is 2.16. The van der Waals surface area contributed by atoms with Crippen LogP contribution in [0.15, 0.2) is 25.3 Å². The minimum atomic E-state index is 0.633. The highest BCUT2D eigenvalue weighted by Gasteiger charge is 2.25. The highest BCUT2D eigenvalue weighted by atomic mass is 14.9. The first-order valence-electron chi connectivity index (χ1n) is 4.74. The van der Waals surface area contributed by atoms with Gasteiger partial charge in [0, 0.05) is 6.04 Å². The third kappa shape index (κ3) is 1.98. The number of rotatable bonds is 3. The van der Waals surface area contributed by atoms with Gasteiger partial charge >= 0.3 is 0 Å². The summed E-state index contributed by atoms with van der Waals surface area (Å²) < 4.78 is 0. The molecule has 1 rings (SSSR count). The zero-order chi connectivity index (χ0) is 8.97. The van der Waals surface area contributed by atoms with Crippen LogP contribution in [0.25, 0.3) is 0 Å². The van der Waals surface area contributed by atoms with Crippen LogP contribution in [0.4, 0.5) is 0 Å². The lowest BCUT2D eigenvalue weighted by Crippen LogP contribution is -2.34. The molecule has 3 unspecified atom stereocenters. The SMILES string of the molecule is C=CC1CCC(NC)CC1C=C. The first-order valence-corrected chi connectivity index (χ1v) is 4.74. The maximum atomic E-state index is 3.88. The topological polar surface area (TPSA) is 12.0 Å². The van der Waals surface area contributed by atoms with Crippen LogP contribution in [0.3, 0.4) is 0 Å². The maximum absolute atomic E-state index is 3.88. The van der Waals surface area contributed by atoms with Gasteiger partial charge in [-0.3, -0.25) is 0 Å². The normalized spacial score (nSPS) is 35.9. The molecule has 0 spiro atoms. The smallest absolute Gasteiger partial charge is 0.00700 e. The van der Waals surface area contributed by atoms with Gasteiger partial charge < -0.3 is 5.32 Å². The largest absolute Gasteiger partial charge is 0.317 e.